The van der Waals surface area contributed by atoms with Gasteiger partial charge in [0.05, 0.1) is 0 Å². The van der Waals surface area contributed by atoms with Crippen molar-refractivity contribution < 1.29 is 0 Å². The SMILES string of the molecule is CCC.NCC1CCCCC1. The normalized spacial score (nSPS) is 18.8. The molecule has 0 saturated heterocycles. The molecule has 11 heavy (non-hydrogen) atoms. The molecule has 1 fully saturated rings. The highest BCUT2D eigenvalue weighted by molar-refractivity contribution is 4.65. The van der Waals surface area contributed by atoms with Crippen LogP contribution in [0.25, 0.3) is 0 Å². The summed E-state index contributed by atoms with van der Waals surface area (Å²) in [7, 11) is 0. The Labute approximate surface area is 71.4 Å². The molecular weight excluding hydrogens is 134 g/mol. The molecule has 0 amide bonds. The first-order valence-electron chi connectivity index (χ1n) is 5.05. The molecule has 1 aliphatic carbocycles. The van der Waals surface area contributed by atoms with Gasteiger partial charge in [-0.1, -0.05) is 39.5 Å². The summed E-state index contributed by atoms with van der Waals surface area (Å²) in [6.45, 7) is 5.17. The van der Waals surface area contributed by atoms with E-state index in [9.17, 15) is 0 Å². The number of rotatable bonds is 1. The Hall–Kier alpha value is -0.0400. The van der Waals surface area contributed by atoms with Gasteiger partial charge in [0.1, 0.15) is 0 Å². The minimum Gasteiger partial charge on any atom is -0.330 e. The Kier molecular flexibility index (Phi) is 8.03. The molecule has 1 nitrogen and oxygen atoms in total. The molecule has 0 spiro atoms. The number of hydrogen-bond acceptors (Lipinski definition) is 1. The van der Waals surface area contributed by atoms with E-state index < -0.39 is 0 Å². The van der Waals surface area contributed by atoms with Crippen LogP contribution in [0.4, 0.5) is 0 Å². The Balaban J connectivity index is 0.000000292. The van der Waals surface area contributed by atoms with Crippen molar-refractivity contribution in [1.29, 1.82) is 0 Å². The zero-order valence-electron chi connectivity index (χ0n) is 8.10. The quantitative estimate of drug-likeness (QED) is 0.622. The van der Waals surface area contributed by atoms with Gasteiger partial charge in [-0.3, -0.25) is 0 Å². The van der Waals surface area contributed by atoms with Gasteiger partial charge in [-0.05, 0) is 25.3 Å². The van der Waals surface area contributed by atoms with Crippen LogP contribution in [0.2, 0.25) is 0 Å². The van der Waals surface area contributed by atoms with Crippen molar-refractivity contribution in [3.63, 3.8) is 0 Å². The lowest BCUT2D eigenvalue weighted by Crippen LogP contribution is -2.16. The standard InChI is InChI=1S/C7H15N.C3H8/c8-6-7-4-2-1-3-5-7;1-3-2/h7H,1-6,8H2;3H2,1-2H3. The fraction of sp³-hybridized carbons (Fsp3) is 1.00. The molecule has 68 valence electrons. The van der Waals surface area contributed by atoms with E-state index >= 15 is 0 Å². The Morgan fingerprint density at radius 3 is 1.82 bits per heavy atom. The predicted octanol–water partition coefficient (Wildman–Crippen LogP) is 2.94. The van der Waals surface area contributed by atoms with Gasteiger partial charge in [0.25, 0.3) is 0 Å². The molecule has 0 atom stereocenters. The van der Waals surface area contributed by atoms with Gasteiger partial charge in [-0.15, -0.1) is 0 Å². The smallest absolute Gasteiger partial charge is 0.00489 e. The minimum absolute atomic E-state index is 0.865. The topological polar surface area (TPSA) is 26.0 Å². The van der Waals surface area contributed by atoms with Gasteiger partial charge in [-0.2, -0.15) is 0 Å². The van der Waals surface area contributed by atoms with Gasteiger partial charge in [0.2, 0.25) is 0 Å². The van der Waals surface area contributed by atoms with Gasteiger partial charge in [0, 0.05) is 0 Å². The summed E-state index contributed by atoms with van der Waals surface area (Å²) < 4.78 is 0. The number of hydrogen-bond donors (Lipinski definition) is 1. The minimum atomic E-state index is 0.865. The first-order chi connectivity index (χ1) is 5.35. The highest BCUT2D eigenvalue weighted by atomic mass is 14.5. The van der Waals surface area contributed by atoms with Gasteiger partial charge < -0.3 is 5.73 Å². The Morgan fingerprint density at radius 2 is 1.55 bits per heavy atom. The van der Waals surface area contributed by atoms with E-state index in [4.69, 9.17) is 5.73 Å². The van der Waals surface area contributed by atoms with E-state index in [2.05, 4.69) is 13.8 Å². The van der Waals surface area contributed by atoms with Crippen molar-refractivity contribution in [1.82, 2.24) is 0 Å². The maximum Gasteiger partial charge on any atom is -0.00489 e. The molecule has 0 radical (unpaired) electrons. The van der Waals surface area contributed by atoms with Crippen LogP contribution >= 0.6 is 0 Å². The maximum absolute atomic E-state index is 5.50. The van der Waals surface area contributed by atoms with E-state index in [1.165, 1.54) is 38.5 Å². The molecule has 0 aromatic heterocycles. The van der Waals surface area contributed by atoms with Crippen molar-refractivity contribution in [2.75, 3.05) is 6.54 Å². The molecule has 0 bridgehead atoms. The van der Waals surface area contributed by atoms with Crippen molar-refractivity contribution in [3.8, 4) is 0 Å². The van der Waals surface area contributed by atoms with E-state index in [0.29, 0.717) is 0 Å². The highest BCUT2D eigenvalue weighted by Crippen LogP contribution is 2.21. The predicted molar refractivity (Wildman–Crippen MR) is 51.6 cm³/mol. The fourth-order valence-corrected chi connectivity index (χ4v) is 1.42. The molecule has 1 heteroatoms. The van der Waals surface area contributed by atoms with Crippen LogP contribution in [0.15, 0.2) is 0 Å². The summed E-state index contributed by atoms with van der Waals surface area (Å²) >= 11 is 0. The van der Waals surface area contributed by atoms with Crippen LogP contribution < -0.4 is 5.73 Å². The third-order valence-electron chi connectivity index (χ3n) is 2.06. The molecule has 0 aliphatic heterocycles. The lowest BCUT2D eigenvalue weighted by Gasteiger charge is -2.18. The molecule has 1 saturated carbocycles. The molecule has 0 heterocycles. The van der Waals surface area contributed by atoms with Crippen LogP contribution in [0, 0.1) is 5.92 Å². The Bertz CT molecular complexity index is 65.3. The maximum atomic E-state index is 5.50. The molecule has 1 aliphatic rings. The van der Waals surface area contributed by atoms with Crippen LogP contribution in [-0.4, -0.2) is 6.54 Å². The van der Waals surface area contributed by atoms with Crippen molar-refractivity contribution in [2.45, 2.75) is 52.4 Å². The molecule has 0 aromatic carbocycles. The Morgan fingerprint density at radius 1 is 1.09 bits per heavy atom. The molecule has 0 unspecified atom stereocenters. The lowest BCUT2D eigenvalue weighted by atomic mass is 9.90. The van der Waals surface area contributed by atoms with Gasteiger partial charge >= 0.3 is 0 Å². The molecule has 1 rings (SSSR count). The van der Waals surface area contributed by atoms with Gasteiger partial charge in [-0.25, -0.2) is 0 Å². The van der Waals surface area contributed by atoms with Crippen LogP contribution in [-0.2, 0) is 0 Å². The molecule has 0 aromatic rings. The monoisotopic (exact) mass is 157 g/mol. The van der Waals surface area contributed by atoms with Crippen LogP contribution in [0.3, 0.4) is 0 Å². The highest BCUT2D eigenvalue weighted by Gasteiger charge is 2.09. The third kappa shape index (κ3) is 6.36. The summed E-state index contributed by atoms with van der Waals surface area (Å²) in [6.07, 6.45) is 8.30. The van der Waals surface area contributed by atoms with Crippen molar-refractivity contribution >= 4 is 0 Å². The summed E-state index contributed by atoms with van der Waals surface area (Å²) in [5.41, 5.74) is 5.50. The lowest BCUT2D eigenvalue weighted by molar-refractivity contribution is 0.366. The molecule has 2 N–H and O–H groups in total. The summed E-state index contributed by atoms with van der Waals surface area (Å²) in [5.74, 6) is 0.865. The zero-order valence-corrected chi connectivity index (χ0v) is 8.10. The van der Waals surface area contributed by atoms with Crippen molar-refractivity contribution in [2.24, 2.45) is 11.7 Å². The van der Waals surface area contributed by atoms with Gasteiger partial charge in [0.15, 0.2) is 0 Å². The summed E-state index contributed by atoms with van der Waals surface area (Å²) in [4.78, 5) is 0. The van der Waals surface area contributed by atoms with E-state index in [-0.39, 0.29) is 0 Å². The van der Waals surface area contributed by atoms with E-state index in [1.54, 1.807) is 0 Å². The second kappa shape index (κ2) is 8.06. The summed E-state index contributed by atoms with van der Waals surface area (Å²) in [5, 5.41) is 0. The first-order valence-corrected chi connectivity index (χ1v) is 5.05. The zero-order chi connectivity index (χ0) is 8.53. The average molecular weight is 157 g/mol. The van der Waals surface area contributed by atoms with Crippen LogP contribution in [0.1, 0.15) is 52.4 Å². The average Bonchev–Trinajstić information content (AvgIpc) is 2.08. The summed E-state index contributed by atoms with van der Waals surface area (Å²) in [6, 6.07) is 0. The van der Waals surface area contributed by atoms with E-state index in [1.807, 2.05) is 0 Å². The largest absolute Gasteiger partial charge is 0.330 e. The van der Waals surface area contributed by atoms with Crippen molar-refractivity contribution in [3.05, 3.63) is 0 Å². The van der Waals surface area contributed by atoms with E-state index in [0.717, 1.165) is 12.5 Å². The molecular formula is C10H23N. The fourth-order valence-electron chi connectivity index (χ4n) is 1.42. The van der Waals surface area contributed by atoms with Crippen LogP contribution in [0.5, 0.6) is 0 Å². The third-order valence-corrected chi connectivity index (χ3v) is 2.06. The number of nitrogens with two attached hydrogens (primary N) is 1. The second-order valence-corrected chi connectivity index (χ2v) is 3.45. The second-order valence-electron chi connectivity index (χ2n) is 3.45. The first kappa shape index (κ1) is 11.0.